The Kier molecular flexibility index (Phi) is 3.97. The first-order valence-electron chi connectivity index (χ1n) is 5.24. The van der Waals surface area contributed by atoms with Gasteiger partial charge in [0.2, 0.25) is 0 Å². The molecule has 1 aromatic heterocycles. The number of halogens is 2. The van der Waals surface area contributed by atoms with E-state index in [-0.39, 0.29) is 5.82 Å². The van der Waals surface area contributed by atoms with Gasteiger partial charge >= 0.3 is 0 Å². The van der Waals surface area contributed by atoms with E-state index in [1.54, 1.807) is 17.4 Å². The van der Waals surface area contributed by atoms with Gasteiger partial charge in [-0.15, -0.1) is 11.3 Å². The van der Waals surface area contributed by atoms with Crippen molar-refractivity contribution < 1.29 is 9.50 Å². The third-order valence-corrected chi connectivity index (χ3v) is 4.36. The van der Waals surface area contributed by atoms with Crippen LogP contribution in [-0.2, 0) is 6.42 Å². The molecule has 0 aliphatic carbocycles. The second kappa shape index (κ2) is 5.29. The highest BCUT2D eigenvalue weighted by Gasteiger charge is 2.12. The Balaban J connectivity index is 2.15. The van der Waals surface area contributed by atoms with Crippen molar-refractivity contribution in [3.63, 3.8) is 0 Å². The van der Waals surface area contributed by atoms with Crippen LogP contribution in [0.5, 0.6) is 0 Å². The van der Waals surface area contributed by atoms with E-state index in [0.717, 1.165) is 10.4 Å². The predicted molar refractivity (Wildman–Crippen MR) is 71.8 cm³/mol. The Hall–Kier alpha value is -0.710. The lowest BCUT2D eigenvalue weighted by Gasteiger charge is -2.10. The normalized spacial score (nSPS) is 12.7. The van der Waals surface area contributed by atoms with E-state index in [9.17, 15) is 9.50 Å². The second-order valence-corrected chi connectivity index (χ2v) is 6.08. The summed E-state index contributed by atoms with van der Waals surface area (Å²) in [6.45, 7) is 2.01. The van der Waals surface area contributed by atoms with Gasteiger partial charge in [0.25, 0.3) is 0 Å². The zero-order valence-corrected chi connectivity index (χ0v) is 11.7. The third kappa shape index (κ3) is 3.15. The largest absolute Gasteiger partial charge is 0.387 e. The molecule has 0 saturated carbocycles. The van der Waals surface area contributed by atoms with Crippen LogP contribution in [0.4, 0.5) is 4.39 Å². The fourth-order valence-corrected chi connectivity index (χ4v) is 3.00. The summed E-state index contributed by atoms with van der Waals surface area (Å²) >= 11 is 4.89. The molecule has 0 spiro atoms. The van der Waals surface area contributed by atoms with E-state index < -0.39 is 6.10 Å². The maximum absolute atomic E-state index is 12.9. The molecule has 1 heterocycles. The molecule has 0 radical (unpaired) electrons. The molecule has 0 bridgehead atoms. The van der Waals surface area contributed by atoms with E-state index in [0.29, 0.717) is 10.9 Å². The second-order valence-electron chi connectivity index (χ2n) is 3.90. The summed E-state index contributed by atoms with van der Waals surface area (Å²) in [7, 11) is 0. The van der Waals surface area contributed by atoms with Crippen LogP contribution in [0.15, 0.2) is 34.8 Å². The first-order valence-corrected chi connectivity index (χ1v) is 6.85. The van der Waals surface area contributed by atoms with Gasteiger partial charge in [-0.1, -0.05) is 22.0 Å². The lowest BCUT2D eigenvalue weighted by Crippen LogP contribution is -2.00. The van der Waals surface area contributed by atoms with Gasteiger partial charge in [0.05, 0.1) is 6.10 Å². The molecule has 90 valence electrons. The summed E-state index contributed by atoms with van der Waals surface area (Å²) in [5.41, 5.74) is 0.907. The Bertz CT molecular complexity index is 524. The highest BCUT2D eigenvalue weighted by molar-refractivity contribution is 9.10. The number of aliphatic hydroxyl groups excluding tert-OH is 1. The van der Waals surface area contributed by atoms with Gasteiger partial charge in [-0.3, -0.25) is 0 Å². The minimum Gasteiger partial charge on any atom is -0.387 e. The molecular formula is C13H12BrFOS. The summed E-state index contributed by atoms with van der Waals surface area (Å²) < 4.78 is 13.6. The summed E-state index contributed by atoms with van der Waals surface area (Å²) in [4.78, 5) is 2.12. The summed E-state index contributed by atoms with van der Waals surface area (Å²) in [5.74, 6) is -0.276. The average molecular weight is 315 g/mol. The van der Waals surface area contributed by atoms with Crippen LogP contribution in [0.1, 0.15) is 21.4 Å². The van der Waals surface area contributed by atoms with Crippen molar-refractivity contribution in [3.8, 4) is 0 Å². The van der Waals surface area contributed by atoms with Crippen molar-refractivity contribution in [3.05, 3.63) is 55.9 Å². The van der Waals surface area contributed by atoms with Crippen LogP contribution in [0, 0.1) is 12.7 Å². The maximum atomic E-state index is 12.9. The molecule has 17 heavy (non-hydrogen) atoms. The summed E-state index contributed by atoms with van der Waals surface area (Å²) in [5, 5.41) is 10.1. The van der Waals surface area contributed by atoms with Crippen molar-refractivity contribution in [2.45, 2.75) is 19.4 Å². The van der Waals surface area contributed by atoms with Gasteiger partial charge in [-0.2, -0.15) is 0 Å². The zero-order chi connectivity index (χ0) is 12.4. The molecule has 1 aromatic carbocycles. The topological polar surface area (TPSA) is 20.2 Å². The number of hydrogen-bond donors (Lipinski definition) is 1. The number of aryl methyl sites for hydroxylation is 1. The minimum atomic E-state index is -0.532. The zero-order valence-electron chi connectivity index (χ0n) is 9.28. The van der Waals surface area contributed by atoms with E-state index in [1.807, 2.05) is 19.1 Å². The van der Waals surface area contributed by atoms with Gasteiger partial charge in [-0.25, -0.2) is 4.39 Å². The van der Waals surface area contributed by atoms with E-state index in [4.69, 9.17) is 0 Å². The van der Waals surface area contributed by atoms with Gasteiger partial charge in [0.15, 0.2) is 0 Å². The summed E-state index contributed by atoms with van der Waals surface area (Å²) in [6, 6.07) is 8.45. The van der Waals surface area contributed by atoms with Gasteiger partial charge in [0, 0.05) is 20.6 Å². The first-order chi connectivity index (χ1) is 8.06. The Morgan fingerprint density at radius 3 is 2.71 bits per heavy atom. The molecule has 2 aromatic rings. The van der Waals surface area contributed by atoms with Crippen LogP contribution < -0.4 is 0 Å². The van der Waals surface area contributed by atoms with Gasteiger partial charge in [-0.05, 0) is 36.8 Å². The van der Waals surface area contributed by atoms with Crippen LogP contribution in [0.25, 0.3) is 0 Å². The predicted octanol–water partition coefficient (Wildman–Crippen LogP) is 4.23. The van der Waals surface area contributed by atoms with Crippen LogP contribution in [0.2, 0.25) is 0 Å². The minimum absolute atomic E-state index is 0.276. The molecule has 1 atom stereocenters. The molecule has 2 rings (SSSR count). The number of aliphatic hydroxyl groups is 1. The van der Waals surface area contributed by atoms with Gasteiger partial charge < -0.3 is 5.11 Å². The van der Waals surface area contributed by atoms with Crippen molar-refractivity contribution in [2.24, 2.45) is 0 Å². The highest BCUT2D eigenvalue weighted by atomic mass is 79.9. The molecular weight excluding hydrogens is 303 g/mol. The molecule has 0 aliphatic heterocycles. The lowest BCUT2D eigenvalue weighted by molar-refractivity contribution is 0.182. The molecule has 4 heteroatoms. The third-order valence-electron chi connectivity index (χ3n) is 2.52. The van der Waals surface area contributed by atoms with Crippen molar-refractivity contribution >= 4 is 27.3 Å². The van der Waals surface area contributed by atoms with Crippen molar-refractivity contribution in [1.29, 1.82) is 0 Å². The molecule has 0 aliphatic rings. The fourth-order valence-electron chi connectivity index (χ4n) is 1.63. The molecule has 1 unspecified atom stereocenters. The summed E-state index contributed by atoms with van der Waals surface area (Å²) in [6.07, 6.45) is -0.0451. The molecule has 0 saturated heterocycles. The smallest absolute Gasteiger partial charge is 0.124 e. The van der Waals surface area contributed by atoms with Crippen LogP contribution in [-0.4, -0.2) is 5.11 Å². The Labute approximate surface area is 112 Å². The lowest BCUT2D eigenvalue weighted by atomic mass is 10.1. The Morgan fingerprint density at radius 2 is 2.12 bits per heavy atom. The number of benzene rings is 1. The highest BCUT2D eigenvalue weighted by Crippen LogP contribution is 2.28. The van der Waals surface area contributed by atoms with E-state index >= 15 is 0 Å². The molecule has 0 amide bonds. The maximum Gasteiger partial charge on any atom is 0.124 e. The fraction of sp³-hybridized carbons (Fsp3) is 0.231. The van der Waals surface area contributed by atoms with Crippen molar-refractivity contribution in [1.82, 2.24) is 0 Å². The van der Waals surface area contributed by atoms with Crippen LogP contribution >= 0.6 is 27.3 Å². The van der Waals surface area contributed by atoms with Crippen LogP contribution in [0.3, 0.4) is 0 Å². The van der Waals surface area contributed by atoms with Gasteiger partial charge in [0.1, 0.15) is 5.82 Å². The molecule has 0 fully saturated rings. The molecule has 1 nitrogen and oxygen atoms in total. The number of rotatable bonds is 3. The Morgan fingerprint density at radius 1 is 1.35 bits per heavy atom. The number of thiophene rings is 1. The van der Waals surface area contributed by atoms with Crippen molar-refractivity contribution in [2.75, 3.05) is 0 Å². The number of hydrogen-bond acceptors (Lipinski definition) is 2. The first kappa shape index (κ1) is 12.7. The quantitative estimate of drug-likeness (QED) is 0.898. The van der Waals surface area contributed by atoms with E-state index in [2.05, 4.69) is 15.9 Å². The van der Waals surface area contributed by atoms with E-state index in [1.165, 1.54) is 17.0 Å². The average Bonchev–Trinajstić information content (AvgIpc) is 2.69. The molecule has 1 N–H and O–H groups in total. The SMILES string of the molecule is Cc1ccc(C(O)Cc2ccc(F)cc2Br)s1. The monoisotopic (exact) mass is 314 g/mol. The standard InChI is InChI=1S/C13H12BrFOS/c1-8-2-5-13(17-8)12(16)6-9-3-4-10(15)7-11(9)14/h2-5,7,12,16H,6H2,1H3.